The SMILES string of the molecule is CC(CNCc1ncc(Cl)s1)NC(=O)OC(C)(C)C. The molecule has 19 heavy (non-hydrogen) atoms. The van der Waals surface area contributed by atoms with Crippen LogP contribution in [-0.4, -0.2) is 29.3 Å². The lowest BCUT2D eigenvalue weighted by atomic mass is 10.2. The molecule has 1 aromatic heterocycles. The molecule has 0 radical (unpaired) electrons. The van der Waals surface area contributed by atoms with E-state index in [0.29, 0.717) is 17.4 Å². The van der Waals surface area contributed by atoms with E-state index < -0.39 is 11.7 Å². The number of carbonyl (C=O) groups is 1. The third kappa shape index (κ3) is 7.34. The highest BCUT2D eigenvalue weighted by atomic mass is 35.5. The van der Waals surface area contributed by atoms with Gasteiger partial charge >= 0.3 is 6.09 Å². The molecule has 2 N–H and O–H groups in total. The van der Waals surface area contributed by atoms with Crippen LogP contribution in [0.1, 0.15) is 32.7 Å². The van der Waals surface area contributed by atoms with Crippen molar-refractivity contribution in [3.8, 4) is 0 Å². The molecule has 1 unspecified atom stereocenters. The number of amides is 1. The first-order valence-corrected chi connectivity index (χ1v) is 7.26. The molecule has 1 atom stereocenters. The van der Waals surface area contributed by atoms with Crippen LogP contribution >= 0.6 is 22.9 Å². The van der Waals surface area contributed by atoms with Gasteiger partial charge in [0.15, 0.2) is 0 Å². The van der Waals surface area contributed by atoms with Gasteiger partial charge in [-0.2, -0.15) is 0 Å². The predicted molar refractivity (Wildman–Crippen MR) is 77.7 cm³/mol. The summed E-state index contributed by atoms with van der Waals surface area (Å²) < 4.78 is 5.85. The van der Waals surface area contributed by atoms with Gasteiger partial charge in [-0.3, -0.25) is 0 Å². The zero-order valence-corrected chi connectivity index (χ0v) is 13.2. The standard InChI is InChI=1S/C12H20ClN3O2S/c1-8(16-11(17)18-12(2,3)4)5-14-7-10-15-6-9(13)19-10/h6,8,14H,5,7H2,1-4H3,(H,16,17). The third-order valence-electron chi connectivity index (χ3n) is 2.02. The molecule has 1 rings (SSSR count). The van der Waals surface area contributed by atoms with Crippen molar-refractivity contribution in [2.24, 2.45) is 0 Å². The van der Waals surface area contributed by atoms with E-state index >= 15 is 0 Å². The van der Waals surface area contributed by atoms with Crippen molar-refractivity contribution in [3.05, 3.63) is 15.5 Å². The number of nitrogens with one attached hydrogen (secondary N) is 2. The van der Waals surface area contributed by atoms with Gasteiger partial charge in [0.2, 0.25) is 0 Å². The van der Waals surface area contributed by atoms with Gasteiger partial charge in [0, 0.05) is 19.1 Å². The first kappa shape index (κ1) is 16.2. The van der Waals surface area contributed by atoms with Crippen LogP contribution in [0.2, 0.25) is 4.34 Å². The zero-order chi connectivity index (χ0) is 14.5. The summed E-state index contributed by atoms with van der Waals surface area (Å²) in [5.41, 5.74) is -0.477. The average molecular weight is 306 g/mol. The number of hydrogen-bond acceptors (Lipinski definition) is 5. The van der Waals surface area contributed by atoms with Gasteiger partial charge in [-0.1, -0.05) is 11.6 Å². The molecular weight excluding hydrogens is 286 g/mol. The highest BCUT2D eigenvalue weighted by Crippen LogP contribution is 2.17. The molecule has 5 nitrogen and oxygen atoms in total. The number of ether oxygens (including phenoxy) is 1. The average Bonchev–Trinajstić information content (AvgIpc) is 2.60. The van der Waals surface area contributed by atoms with Crippen molar-refractivity contribution < 1.29 is 9.53 Å². The lowest BCUT2D eigenvalue weighted by Gasteiger charge is -2.22. The van der Waals surface area contributed by atoms with Crippen LogP contribution in [0.4, 0.5) is 4.79 Å². The summed E-state index contributed by atoms with van der Waals surface area (Å²) in [4.78, 5) is 15.7. The van der Waals surface area contributed by atoms with Crippen LogP contribution in [0.3, 0.4) is 0 Å². The van der Waals surface area contributed by atoms with Gasteiger partial charge < -0.3 is 15.4 Å². The molecule has 0 fully saturated rings. The smallest absolute Gasteiger partial charge is 0.407 e. The van der Waals surface area contributed by atoms with E-state index in [1.165, 1.54) is 11.3 Å². The van der Waals surface area contributed by atoms with Crippen molar-refractivity contribution in [2.45, 2.75) is 45.9 Å². The fraction of sp³-hybridized carbons (Fsp3) is 0.667. The second kappa shape index (κ2) is 7.07. The Morgan fingerprint density at radius 3 is 2.79 bits per heavy atom. The maximum atomic E-state index is 11.5. The molecule has 7 heteroatoms. The minimum absolute atomic E-state index is 0.0229. The van der Waals surface area contributed by atoms with Crippen LogP contribution < -0.4 is 10.6 Å². The van der Waals surface area contributed by atoms with E-state index in [9.17, 15) is 4.79 Å². The fourth-order valence-electron chi connectivity index (χ4n) is 1.33. The summed E-state index contributed by atoms with van der Waals surface area (Å²) in [6, 6.07) is -0.0229. The summed E-state index contributed by atoms with van der Waals surface area (Å²) in [6.45, 7) is 8.69. The number of thiazole rings is 1. The molecule has 1 aromatic rings. The van der Waals surface area contributed by atoms with E-state index in [0.717, 1.165) is 5.01 Å². The third-order valence-corrected chi connectivity index (χ3v) is 3.13. The summed E-state index contributed by atoms with van der Waals surface area (Å²) in [7, 11) is 0. The lowest BCUT2D eigenvalue weighted by molar-refractivity contribution is 0.0508. The van der Waals surface area contributed by atoms with Crippen LogP contribution in [0.15, 0.2) is 6.20 Å². The van der Waals surface area contributed by atoms with Crippen LogP contribution in [0.25, 0.3) is 0 Å². The maximum absolute atomic E-state index is 11.5. The van der Waals surface area contributed by atoms with Gasteiger partial charge in [0.05, 0.1) is 6.20 Å². The van der Waals surface area contributed by atoms with E-state index in [1.54, 1.807) is 6.20 Å². The lowest BCUT2D eigenvalue weighted by Crippen LogP contribution is -2.42. The monoisotopic (exact) mass is 305 g/mol. The minimum Gasteiger partial charge on any atom is -0.444 e. The number of carbonyl (C=O) groups excluding carboxylic acids is 1. The van der Waals surface area contributed by atoms with Crippen molar-refractivity contribution >= 4 is 29.0 Å². The van der Waals surface area contributed by atoms with Gasteiger partial charge in [-0.25, -0.2) is 9.78 Å². The highest BCUT2D eigenvalue weighted by Gasteiger charge is 2.17. The van der Waals surface area contributed by atoms with E-state index in [-0.39, 0.29) is 6.04 Å². The first-order chi connectivity index (χ1) is 8.76. The van der Waals surface area contributed by atoms with E-state index in [4.69, 9.17) is 16.3 Å². The summed E-state index contributed by atoms with van der Waals surface area (Å²) in [6.07, 6.45) is 1.23. The van der Waals surface area contributed by atoms with Gasteiger partial charge in [0.25, 0.3) is 0 Å². The largest absolute Gasteiger partial charge is 0.444 e. The Labute approximate surface area is 122 Å². The van der Waals surface area contributed by atoms with Gasteiger partial charge in [-0.05, 0) is 27.7 Å². The molecule has 1 amide bonds. The molecule has 0 aliphatic heterocycles. The Hall–Kier alpha value is -0.850. The van der Waals surface area contributed by atoms with Gasteiger partial charge in [-0.15, -0.1) is 11.3 Å². The molecule has 0 spiro atoms. The predicted octanol–water partition coefficient (Wildman–Crippen LogP) is 2.80. The maximum Gasteiger partial charge on any atom is 0.407 e. The Bertz CT molecular complexity index is 417. The molecule has 0 bridgehead atoms. The summed E-state index contributed by atoms with van der Waals surface area (Å²) in [5, 5.41) is 6.89. The Kier molecular flexibility index (Phi) is 6.03. The number of nitrogens with zero attached hydrogens (tertiary/aromatic N) is 1. The number of halogens is 1. The molecule has 1 heterocycles. The Morgan fingerprint density at radius 1 is 1.58 bits per heavy atom. The normalized spacial score (nSPS) is 13.1. The van der Waals surface area contributed by atoms with Gasteiger partial charge in [0.1, 0.15) is 14.9 Å². The number of aromatic nitrogens is 1. The Morgan fingerprint density at radius 2 is 2.26 bits per heavy atom. The number of hydrogen-bond donors (Lipinski definition) is 2. The molecular formula is C12H20ClN3O2S. The van der Waals surface area contributed by atoms with Crippen LogP contribution in [0.5, 0.6) is 0 Å². The fourth-order valence-corrected chi connectivity index (χ4v) is 2.25. The molecule has 0 aliphatic rings. The first-order valence-electron chi connectivity index (χ1n) is 6.07. The van der Waals surface area contributed by atoms with Crippen molar-refractivity contribution in [3.63, 3.8) is 0 Å². The van der Waals surface area contributed by atoms with Crippen molar-refractivity contribution in [2.75, 3.05) is 6.54 Å². The zero-order valence-electron chi connectivity index (χ0n) is 11.6. The summed E-state index contributed by atoms with van der Waals surface area (Å²) >= 11 is 7.23. The van der Waals surface area contributed by atoms with Crippen LogP contribution in [-0.2, 0) is 11.3 Å². The quantitative estimate of drug-likeness (QED) is 0.878. The van der Waals surface area contributed by atoms with Crippen LogP contribution in [0, 0.1) is 0 Å². The van der Waals surface area contributed by atoms with E-state index in [1.807, 2.05) is 27.7 Å². The van der Waals surface area contributed by atoms with Crippen molar-refractivity contribution in [1.29, 1.82) is 0 Å². The molecule has 108 valence electrons. The van der Waals surface area contributed by atoms with E-state index in [2.05, 4.69) is 15.6 Å². The number of alkyl carbamates (subject to hydrolysis) is 1. The number of rotatable bonds is 5. The Balaban J connectivity index is 2.21. The topological polar surface area (TPSA) is 63.2 Å². The second-order valence-electron chi connectivity index (χ2n) is 5.24. The molecule has 0 saturated heterocycles. The highest BCUT2D eigenvalue weighted by molar-refractivity contribution is 7.15. The summed E-state index contributed by atoms with van der Waals surface area (Å²) in [5.74, 6) is 0. The molecule has 0 aromatic carbocycles. The minimum atomic E-state index is -0.477. The second-order valence-corrected chi connectivity index (χ2v) is 6.98. The van der Waals surface area contributed by atoms with Crippen molar-refractivity contribution in [1.82, 2.24) is 15.6 Å². The molecule has 0 saturated carbocycles. The molecule has 0 aliphatic carbocycles.